The Kier molecular flexibility index (Phi) is 3.96. The van der Waals surface area contributed by atoms with Crippen molar-refractivity contribution >= 4 is 17.7 Å². The number of hydrazone groups is 1. The molecule has 4 aromatic rings. The Labute approximate surface area is 145 Å². The number of hydrogen-bond acceptors (Lipinski definition) is 3. The molecule has 1 N–H and O–H groups in total. The van der Waals surface area contributed by atoms with Gasteiger partial charge in [0.15, 0.2) is 5.69 Å². The normalized spacial score (nSPS) is 11.2. The summed E-state index contributed by atoms with van der Waals surface area (Å²) >= 11 is 0. The second-order valence-electron chi connectivity index (χ2n) is 5.75. The summed E-state index contributed by atoms with van der Waals surface area (Å²) in [5.41, 5.74) is 7.43. The standard InChI is InChI=1S/C20H18N5/c1-24-18(15-25-13-5-3-7-20(24)25)17-10-8-16(9-11-17)14-22-23-19-6-2-4-12-21-19/h2-15H,1H3,(H,21,23)/q+1. The molecule has 5 heteroatoms. The number of aromatic nitrogens is 3. The smallest absolute Gasteiger partial charge is 0.261 e. The highest BCUT2D eigenvalue weighted by Gasteiger charge is 2.14. The molecule has 5 nitrogen and oxygen atoms in total. The van der Waals surface area contributed by atoms with Crippen LogP contribution in [0.3, 0.4) is 0 Å². The van der Waals surface area contributed by atoms with Crippen LogP contribution < -0.4 is 9.83 Å². The van der Waals surface area contributed by atoms with Gasteiger partial charge in [-0.15, -0.1) is 0 Å². The van der Waals surface area contributed by atoms with E-state index in [1.54, 1.807) is 12.4 Å². The molecule has 0 radical (unpaired) electrons. The number of nitrogens with one attached hydrogen (secondary N) is 1. The maximum absolute atomic E-state index is 4.22. The van der Waals surface area contributed by atoms with Gasteiger partial charge < -0.3 is 0 Å². The third-order valence-corrected chi connectivity index (χ3v) is 4.10. The summed E-state index contributed by atoms with van der Waals surface area (Å²) in [6, 6.07) is 20.2. The lowest BCUT2D eigenvalue weighted by Gasteiger charge is -2.00. The van der Waals surface area contributed by atoms with Gasteiger partial charge in [-0.3, -0.25) is 5.43 Å². The Morgan fingerprint density at radius 3 is 2.64 bits per heavy atom. The predicted octanol–water partition coefficient (Wildman–Crippen LogP) is 3.27. The highest BCUT2D eigenvalue weighted by atomic mass is 15.3. The van der Waals surface area contributed by atoms with Crippen molar-refractivity contribution in [3.63, 3.8) is 0 Å². The van der Waals surface area contributed by atoms with Crippen molar-refractivity contribution in [1.82, 2.24) is 9.55 Å². The molecular weight excluding hydrogens is 310 g/mol. The van der Waals surface area contributed by atoms with E-state index in [4.69, 9.17) is 0 Å². The number of fused-ring (bicyclic) bond motifs is 1. The van der Waals surface area contributed by atoms with Gasteiger partial charge in [-0.2, -0.15) is 5.10 Å². The summed E-state index contributed by atoms with van der Waals surface area (Å²) in [5, 5.41) is 4.22. The van der Waals surface area contributed by atoms with Crippen LogP contribution in [0.25, 0.3) is 16.9 Å². The Balaban J connectivity index is 1.54. The van der Waals surface area contributed by atoms with Crippen molar-refractivity contribution in [3.05, 3.63) is 84.8 Å². The minimum absolute atomic E-state index is 0.725. The van der Waals surface area contributed by atoms with Crippen molar-refractivity contribution in [3.8, 4) is 11.3 Å². The van der Waals surface area contributed by atoms with E-state index < -0.39 is 0 Å². The fraction of sp³-hybridized carbons (Fsp3) is 0.0500. The molecule has 4 rings (SSSR count). The molecule has 0 aliphatic carbocycles. The van der Waals surface area contributed by atoms with Crippen LogP contribution in [-0.2, 0) is 7.05 Å². The van der Waals surface area contributed by atoms with Gasteiger partial charge in [-0.05, 0) is 35.9 Å². The lowest BCUT2D eigenvalue weighted by atomic mass is 10.1. The van der Waals surface area contributed by atoms with Crippen LogP contribution in [0.2, 0.25) is 0 Å². The van der Waals surface area contributed by atoms with E-state index in [-0.39, 0.29) is 0 Å². The lowest BCUT2D eigenvalue weighted by molar-refractivity contribution is -0.510. The van der Waals surface area contributed by atoms with Gasteiger partial charge in [0.2, 0.25) is 0 Å². The van der Waals surface area contributed by atoms with Crippen LogP contribution >= 0.6 is 0 Å². The van der Waals surface area contributed by atoms with Gasteiger partial charge in [0.1, 0.15) is 12.0 Å². The first-order valence-corrected chi connectivity index (χ1v) is 8.07. The average Bonchev–Trinajstić information content (AvgIpc) is 3.00. The first kappa shape index (κ1) is 15.1. The first-order chi connectivity index (χ1) is 12.3. The third kappa shape index (κ3) is 3.12. The number of aryl methyl sites for hydroxylation is 1. The molecule has 1 aromatic carbocycles. The van der Waals surface area contributed by atoms with Crippen molar-refractivity contribution < 1.29 is 4.40 Å². The minimum atomic E-state index is 0.725. The zero-order valence-corrected chi connectivity index (χ0v) is 13.9. The van der Waals surface area contributed by atoms with Crippen LogP contribution in [0.1, 0.15) is 5.56 Å². The van der Waals surface area contributed by atoms with Gasteiger partial charge in [0, 0.05) is 17.8 Å². The summed E-state index contributed by atoms with van der Waals surface area (Å²) in [7, 11) is 2.08. The SMILES string of the molecule is Cn1c(-c2ccc(C=NNc3ccccn3)cc2)c[n+]2ccccc12. The molecule has 25 heavy (non-hydrogen) atoms. The molecular formula is C20H18N5+. The van der Waals surface area contributed by atoms with Crippen molar-refractivity contribution in [2.75, 3.05) is 5.43 Å². The van der Waals surface area contributed by atoms with E-state index in [0.29, 0.717) is 0 Å². The van der Waals surface area contributed by atoms with E-state index in [1.165, 1.54) is 11.3 Å². The summed E-state index contributed by atoms with van der Waals surface area (Å²) in [5.74, 6) is 0.725. The van der Waals surface area contributed by atoms with Gasteiger partial charge >= 0.3 is 0 Å². The van der Waals surface area contributed by atoms with Gasteiger partial charge in [-0.1, -0.05) is 24.3 Å². The van der Waals surface area contributed by atoms with E-state index in [9.17, 15) is 0 Å². The number of anilines is 1. The molecule has 122 valence electrons. The number of rotatable bonds is 4. The molecule has 3 heterocycles. The second kappa shape index (κ2) is 6.57. The van der Waals surface area contributed by atoms with Crippen LogP contribution in [0.4, 0.5) is 5.82 Å². The van der Waals surface area contributed by atoms with Crippen LogP contribution in [0.15, 0.2) is 84.4 Å². The Hall–Kier alpha value is -3.47. The number of hydrogen-bond donors (Lipinski definition) is 1. The summed E-state index contributed by atoms with van der Waals surface area (Å²) < 4.78 is 4.31. The van der Waals surface area contributed by atoms with Crippen LogP contribution in [0, 0.1) is 0 Å². The van der Waals surface area contributed by atoms with Gasteiger partial charge in [0.05, 0.1) is 19.5 Å². The molecule has 0 saturated heterocycles. The lowest BCUT2D eigenvalue weighted by Crippen LogP contribution is -2.17. The summed E-state index contributed by atoms with van der Waals surface area (Å²) in [4.78, 5) is 4.16. The molecule has 0 aliphatic rings. The number of nitrogens with zero attached hydrogens (tertiary/aromatic N) is 4. The highest BCUT2D eigenvalue weighted by Crippen LogP contribution is 2.19. The monoisotopic (exact) mass is 328 g/mol. The highest BCUT2D eigenvalue weighted by molar-refractivity contribution is 5.81. The largest absolute Gasteiger partial charge is 0.286 e. The Morgan fingerprint density at radius 2 is 1.88 bits per heavy atom. The fourth-order valence-corrected chi connectivity index (χ4v) is 2.79. The maximum Gasteiger partial charge on any atom is 0.286 e. The van der Waals surface area contributed by atoms with E-state index in [0.717, 1.165) is 17.0 Å². The second-order valence-corrected chi connectivity index (χ2v) is 5.75. The molecule has 0 amide bonds. The molecule has 3 aromatic heterocycles. The van der Waals surface area contributed by atoms with Crippen LogP contribution in [-0.4, -0.2) is 15.8 Å². The molecule has 0 fully saturated rings. The van der Waals surface area contributed by atoms with Crippen LogP contribution in [0.5, 0.6) is 0 Å². The molecule has 0 aliphatic heterocycles. The Morgan fingerprint density at radius 1 is 1.04 bits per heavy atom. The van der Waals surface area contributed by atoms with Crippen molar-refractivity contribution in [2.24, 2.45) is 12.1 Å². The zero-order chi connectivity index (χ0) is 17.1. The minimum Gasteiger partial charge on any atom is -0.261 e. The topological polar surface area (TPSA) is 46.3 Å². The fourth-order valence-electron chi connectivity index (χ4n) is 2.79. The van der Waals surface area contributed by atoms with Gasteiger partial charge in [0.25, 0.3) is 5.65 Å². The molecule has 0 unspecified atom stereocenters. The van der Waals surface area contributed by atoms with Crippen molar-refractivity contribution in [1.29, 1.82) is 0 Å². The summed E-state index contributed by atoms with van der Waals surface area (Å²) in [6.07, 6.45) is 7.72. The average molecular weight is 328 g/mol. The van der Waals surface area contributed by atoms with Gasteiger partial charge in [-0.25, -0.2) is 14.0 Å². The quantitative estimate of drug-likeness (QED) is 0.355. The van der Waals surface area contributed by atoms with E-state index in [1.807, 2.05) is 30.3 Å². The van der Waals surface area contributed by atoms with Crippen molar-refractivity contribution in [2.45, 2.75) is 0 Å². The van der Waals surface area contributed by atoms with E-state index >= 15 is 0 Å². The molecule has 0 bridgehead atoms. The molecule has 0 saturated carbocycles. The zero-order valence-electron chi connectivity index (χ0n) is 13.9. The molecule has 0 spiro atoms. The number of imidazole rings is 1. The number of pyridine rings is 2. The summed E-state index contributed by atoms with van der Waals surface area (Å²) in [6.45, 7) is 0. The maximum atomic E-state index is 4.22. The predicted molar refractivity (Wildman–Crippen MR) is 99.5 cm³/mol. The Bertz CT molecular complexity index is 1020. The van der Waals surface area contributed by atoms with E-state index in [2.05, 4.69) is 74.3 Å². The third-order valence-electron chi connectivity index (χ3n) is 4.10. The number of benzene rings is 1. The first-order valence-electron chi connectivity index (χ1n) is 8.07. The molecule has 0 atom stereocenters.